The Kier molecular flexibility index (Phi) is 3.64. The van der Waals surface area contributed by atoms with Crippen LogP contribution < -0.4 is 10.1 Å². The molecule has 1 N–H and O–H groups in total. The van der Waals surface area contributed by atoms with Gasteiger partial charge in [-0.3, -0.25) is 0 Å². The van der Waals surface area contributed by atoms with Crippen LogP contribution in [-0.2, 0) is 6.54 Å². The van der Waals surface area contributed by atoms with E-state index in [4.69, 9.17) is 4.74 Å². The van der Waals surface area contributed by atoms with Crippen LogP contribution >= 0.6 is 11.3 Å². The largest absolute Gasteiger partial charge is 0.494 e. The van der Waals surface area contributed by atoms with Crippen molar-refractivity contribution in [3.8, 4) is 5.75 Å². The van der Waals surface area contributed by atoms with Gasteiger partial charge in [-0.05, 0) is 36.1 Å². The SMILES string of the molecule is COc1cc(F)ccc1NCc1sccc1C. The van der Waals surface area contributed by atoms with Crippen molar-refractivity contribution in [2.75, 3.05) is 12.4 Å². The number of ether oxygens (including phenoxy) is 1. The van der Waals surface area contributed by atoms with Crippen LogP contribution in [0.2, 0.25) is 0 Å². The lowest BCUT2D eigenvalue weighted by molar-refractivity contribution is 0.413. The Hall–Kier alpha value is -1.55. The first kappa shape index (κ1) is 11.9. The Morgan fingerprint density at radius 3 is 2.82 bits per heavy atom. The maximum atomic E-state index is 13.0. The highest BCUT2D eigenvalue weighted by molar-refractivity contribution is 7.10. The van der Waals surface area contributed by atoms with E-state index < -0.39 is 0 Å². The number of anilines is 1. The first-order valence-corrected chi connectivity index (χ1v) is 6.19. The van der Waals surface area contributed by atoms with Crippen molar-refractivity contribution in [2.45, 2.75) is 13.5 Å². The highest BCUT2D eigenvalue weighted by Gasteiger charge is 2.05. The first-order valence-electron chi connectivity index (χ1n) is 5.31. The van der Waals surface area contributed by atoms with Gasteiger partial charge >= 0.3 is 0 Å². The second-order valence-electron chi connectivity index (χ2n) is 3.72. The number of hydrogen-bond donors (Lipinski definition) is 1. The molecule has 2 aromatic rings. The molecular weight excluding hydrogens is 237 g/mol. The molecule has 17 heavy (non-hydrogen) atoms. The van der Waals surface area contributed by atoms with Gasteiger partial charge in [0.2, 0.25) is 0 Å². The fourth-order valence-electron chi connectivity index (χ4n) is 1.57. The number of rotatable bonds is 4. The van der Waals surface area contributed by atoms with Gasteiger partial charge in [-0.15, -0.1) is 11.3 Å². The second-order valence-corrected chi connectivity index (χ2v) is 4.73. The number of methoxy groups -OCH3 is 1. The highest BCUT2D eigenvalue weighted by atomic mass is 32.1. The topological polar surface area (TPSA) is 21.3 Å². The summed E-state index contributed by atoms with van der Waals surface area (Å²) in [5.74, 6) is 0.235. The van der Waals surface area contributed by atoms with Gasteiger partial charge < -0.3 is 10.1 Å². The third-order valence-corrected chi connectivity index (χ3v) is 3.59. The minimum Gasteiger partial charge on any atom is -0.494 e. The highest BCUT2D eigenvalue weighted by Crippen LogP contribution is 2.26. The standard InChI is InChI=1S/C13H14FNOS/c1-9-5-6-17-13(9)8-15-11-4-3-10(14)7-12(11)16-2/h3-7,15H,8H2,1-2H3. The molecule has 0 radical (unpaired) electrons. The van der Waals surface area contributed by atoms with Gasteiger partial charge in [0.25, 0.3) is 0 Å². The molecule has 0 aliphatic heterocycles. The van der Waals surface area contributed by atoms with Crippen LogP contribution in [-0.4, -0.2) is 7.11 Å². The Morgan fingerprint density at radius 2 is 2.18 bits per heavy atom. The number of nitrogens with one attached hydrogen (secondary N) is 1. The molecule has 0 amide bonds. The first-order chi connectivity index (χ1) is 8.20. The number of aryl methyl sites for hydroxylation is 1. The molecule has 1 heterocycles. The molecule has 90 valence electrons. The van der Waals surface area contributed by atoms with E-state index in [1.54, 1.807) is 17.4 Å². The van der Waals surface area contributed by atoms with Crippen molar-refractivity contribution >= 4 is 17.0 Å². The minimum absolute atomic E-state index is 0.292. The fraction of sp³-hybridized carbons (Fsp3) is 0.231. The lowest BCUT2D eigenvalue weighted by Gasteiger charge is -2.10. The number of thiophene rings is 1. The lowest BCUT2D eigenvalue weighted by Crippen LogP contribution is -2.01. The van der Waals surface area contributed by atoms with Crippen LogP contribution in [0.5, 0.6) is 5.75 Å². The quantitative estimate of drug-likeness (QED) is 0.892. The van der Waals surface area contributed by atoms with Gasteiger partial charge in [-0.1, -0.05) is 0 Å². The molecule has 0 saturated heterocycles. The summed E-state index contributed by atoms with van der Waals surface area (Å²) in [6.07, 6.45) is 0. The molecule has 0 bridgehead atoms. The Bertz CT molecular complexity index is 510. The fourth-order valence-corrected chi connectivity index (χ4v) is 2.42. The number of halogens is 1. The van der Waals surface area contributed by atoms with E-state index in [1.807, 2.05) is 0 Å². The third-order valence-electron chi connectivity index (χ3n) is 2.57. The van der Waals surface area contributed by atoms with Crippen molar-refractivity contribution in [1.82, 2.24) is 0 Å². The van der Waals surface area contributed by atoms with E-state index in [0.717, 1.165) is 12.2 Å². The zero-order valence-corrected chi connectivity index (χ0v) is 10.6. The van der Waals surface area contributed by atoms with Crippen molar-refractivity contribution in [3.63, 3.8) is 0 Å². The Labute approximate surface area is 104 Å². The lowest BCUT2D eigenvalue weighted by atomic mass is 10.2. The van der Waals surface area contributed by atoms with E-state index in [1.165, 1.54) is 29.7 Å². The molecule has 0 unspecified atom stereocenters. The predicted molar refractivity (Wildman–Crippen MR) is 69.3 cm³/mol. The molecule has 0 aliphatic carbocycles. The maximum absolute atomic E-state index is 13.0. The summed E-state index contributed by atoms with van der Waals surface area (Å²) in [6.45, 7) is 2.81. The Morgan fingerprint density at radius 1 is 1.35 bits per heavy atom. The van der Waals surface area contributed by atoms with Crippen molar-refractivity contribution in [1.29, 1.82) is 0 Å². The molecule has 0 saturated carbocycles. The zero-order chi connectivity index (χ0) is 12.3. The number of benzene rings is 1. The van der Waals surface area contributed by atoms with Crippen LogP contribution in [0.3, 0.4) is 0 Å². The van der Waals surface area contributed by atoms with Crippen LogP contribution in [0.25, 0.3) is 0 Å². The third kappa shape index (κ3) is 2.77. The molecule has 1 aromatic heterocycles. The molecular formula is C13H14FNOS. The summed E-state index contributed by atoms with van der Waals surface area (Å²) < 4.78 is 18.1. The molecule has 0 spiro atoms. The summed E-state index contributed by atoms with van der Waals surface area (Å²) in [5, 5.41) is 5.32. The smallest absolute Gasteiger partial charge is 0.144 e. The van der Waals surface area contributed by atoms with E-state index in [0.29, 0.717) is 5.75 Å². The average Bonchev–Trinajstić information content (AvgIpc) is 2.73. The van der Waals surface area contributed by atoms with Gasteiger partial charge in [-0.25, -0.2) is 4.39 Å². The summed E-state index contributed by atoms with van der Waals surface area (Å²) in [4.78, 5) is 1.27. The van der Waals surface area contributed by atoms with E-state index in [2.05, 4.69) is 23.7 Å². The van der Waals surface area contributed by atoms with Gasteiger partial charge in [-0.2, -0.15) is 0 Å². The molecule has 4 heteroatoms. The van der Waals surface area contributed by atoms with Gasteiger partial charge in [0.05, 0.1) is 12.8 Å². The molecule has 2 rings (SSSR count). The predicted octanol–water partition coefficient (Wildman–Crippen LogP) is 3.82. The van der Waals surface area contributed by atoms with Crippen LogP contribution in [0.15, 0.2) is 29.6 Å². The summed E-state index contributed by atoms with van der Waals surface area (Å²) in [7, 11) is 1.54. The van der Waals surface area contributed by atoms with Crippen molar-refractivity contribution in [2.24, 2.45) is 0 Å². The molecule has 0 fully saturated rings. The Balaban J connectivity index is 2.11. The van der Waals surface area contributed by atoms with E-state index in [9.17, 15) is 4.39 Å². The molecule has 0 atom stereocenters. The van der Waals surface area contributed by atoms with E-state index >= 15 is 0 Å². The number of hydrogen-bond acceptors (Lipinski definition) is 3. The van der Waals surface area contributed by atoms with Gasteiger partial charge in [0, 0.05) is 17.5 Å². The van der Waals surface area contributed by atoms with E-state index in [-0.39, 0.29) is 5.82 Å². The molecule has 2 nitrogen and oxygen atoms in total. The van der Waals surface area contributed by atoms with Crippen LogP contribution in [0.4, 0.5) is 10.1 Å². The molecule has 0 aliphatic rings. The van der Waals surface area contributed by atoms with Gasteiger partial charge in [0.15, 0.2) is 0 Å². The summed E-state index contributed by atoms with van der Waals surface area (Å²) >= 11 is 1.71. The maximum Gasteiger partial charge on any atom is 0.144 e. The zero-order valence-electron chi connectivity index (χ0n) is 9.79. The normalized spacial score (nSPS) is 10.3. The minimum atomic E-state index is -0.292. The average molecular weight is 251 g/mol. The summed E-state index contributed by atoms with van der Waals surface area (Å²) in [5.41, 5.74) is 2.07. The van der Waals surface area contributed by atoms with Gasteiger partial charge in [0.1, 0.15) is 11.6 Å². The van der Waals surface area contributed by atoms with Crippen LogP contribution in [0, 0.1) is 12.7 Å². The molecule has 1 aromatic carbocycles. The summed E-state index contributed by atoms with van der Waals surface area (Å²) in [6, 6.07) is 6.58. The van der Waals surface area contributed by atoms with Crippen LogP contribution in [0.1, 0.15) is 10.4 Å². The van der Waals surface area contributed by atoms with Crippen molar-refractivity contribution < 1.29 is 9.13 Å². The second kappa shape index (κ2) is 5.19. The monoisotopic (exact) mass is 251 g/mol. The van der Waals surface area contributed by atoms with Crippen molar-refractivity contribution in [3.05, 3.63) is 45.9 Å².